The Kier molecular flexibility index (Phi) is 1.42. The Bertz CT molecular complexity index is 185. The van der Waals surface area contributed by atoms with Crippen LogP contribution in [0.25, 0.3) is 0 Å². The van der Waals surface area contributed by atoms with Crippen LogP contribution in [0, 0.1) is 11.3 Å². The summed E-state index contributed by atoms with van der Waals surface area (Å²) in [5.74, 6) is -0.649. The lowest BCUT2D eigenvalue weighted by Gasteiger charge is -2.22. The number of hydrogen-bond acceptors (Lipinski definition) is 2. The highest BCUT2D eigenvalue weighted by Gasteiger charge is 2.58. The molecule has 2 atom stereocenters. The average Bonchev–Trinajstić information content (AvgIpc) is 2.66. The summed E-state index contributed by atoms with van der Waals surface area (Å²) in [6.45, 7) is 1.98. The maximum absolute atomic E-state index is 10.6. The number of piperidine rings is 1. The van der Waals surface area contributed by atoms with Crippen LogP contribution in [0.1, 0.15) is 19.3 Å². The molecule has 2 rings (SSSR count). The van der Waals surface area contributed by atoms with Crippen LogP contribution in [0.2, 0.25) is 0 Å². The van der Waals surface area contributed by atoms with Crippen molar-refractivity contribution in [2.24, 2.45) is 11.3 Å². The molecule has 2 fully saturated rings. The van der Waals surface area contributed by atoms with Gasteiger partial charge in [0.1, 0.15) is 0 Å². The van der Waals surface area contributed by atoms with E-state index in [2.05, 4.69) is 5.32 Å². The lowest BCUT2D eigenvalue weighted by molar-refractivity contribution is -0.139. The zero-order chi connectivity index (χ0) is 7.90. The van der Waals surface area contributed by atoms with Crippen LogP contribution in [0.15, 0.2) is 0 Å². The first kappa shape index (κ1) is 7.10. The molecule has 0 unspecified atom stereocenters. The molecular weight excluding hydrogens is 142 g/mol. The highest BCUT2D eigenvalue weighted by atomic mass is 16.4. The zero-order valence-corrected chi connectivity index (χ0v) is 6.47. The summed E-state index contributed by atoms with van der Waals surface area (Å²) in [7, 11) is 0. The second-order valence-electron chi connectivity index (χ2n) is 3.74. The van der Waals surface area contributed by atoms with Gasteiger partial charge >= 0.3 is 5.97 Å². The topological polar surface area (TPSA) is 49.3 Å². The van der Waals surface area contributed by atoms with Crippen LogP contribution in [-0.2, 0) is 4.79 Å². The van der Waals surface area contributed by atoms with Crippen molar-refractivity contribution in [2.45, 2.75) is 19.3 Å². The third-order valence-electron chi connectivity index (χ3n) is 2.99. The van der Waals surface area contributed by atoms with Crippen molar-refractivity contribution >= 4 is 5.97 Å². The second-order valence-corrected chi connectivity index (χ2v) is 3.74. The van der Waals surface area contributed by atoms with E-state index in [-0.39, 0.29) is 11.3 Å². The molecule has 1 spiro atoms. The highest BCUT2D eigenvalue weighted by Crippen LogP contribution is 2.56. The number of carbonyl (C=O) groups is 1. The number of carboxylic acids is 1. The van der Waals surface area contributed by atoms with Crippen molar-refractivity contribution in [3.05, 3.63) is 0 Å². The minimum atomic E-state index is -0.603. The molecule has 2 N–H and O–H groups in total. The fourth-order valence-electron chi connectivity index (χ4n) is 2.16. The molecule has 0 bridgehead atoms. The molecule has 0 radical (unpaired) electrons. The largest absolute Gasteiger partial charge is 0.481 e. The molecule has 1 saturated carbocycles. The Morgan fingerprint density at radius 2 is 2.45 bits per heavy atom. The fourth-order valence-corrected chi connectivity index (χ4v) is 2.16. The molecule has 0 aromatic rings. The van der Waals surface area contributed by atoms with Gasteiger partial charge in [0.2, 0.25) is 0 Å². The maximum Gasteiger partial charge on any atom is 0.307 e. The van der Waals surface area contributed by atoms with E-state index in [1.165, 1.54) is 0 Å². The molecule has 62 valence electrons. The van der Waals surface area contributed by atoms with E-state index >= 15 is 0 Å². The van der Waals surface area contributed by atoms with E-state index in [4.69, 9.17) is 5.11 Å². The Balaban J connectivity index is 1.99. The van der Waals surface area contributed by atoms with Gasteiger partial charge in [0.05, 0.1) is 5.92 Å². The predicted molar refractivity (Wildman–Crippen MR) is 40.3 cm³/mol. The van der Waals surface area contributed by atoms with Gasteiger partial charge in [0.25, 0.3) is 0 Å². The van der Waals surface area contributed by atoms with Crippen molar-refractivity contribution in [1.82, 2.24) is 5.32 Å². The minimum absolute atomic E-state index is 0.0460. The fraction of sp³-hybridized carbons (Fsp3) is 0.875. The summed E-state index contributed by atoms with van der Waals surface area (Å²) in [5.41, 5.74) is 0.157. The van der Waals surface area contributed by atoms with Crippen LogP contribution in [0.3, 0.4) is 0 Å². The first-order valence-corrected chi connectivity index (χ1v) is 4.18. The number of nitrogens with one attached hydrogen (secondary N) is 1. The number of hydrogen-bond donors (Lipinski definition) is 2. The lowest BCUT2D eigenvalue weighted by atomic mass is 9.94. The van der Waals surface area contributed by atoms with Crippen molar-refractivity contribution in [1.29, 1.82) is 0 Å². The van der Waals surface area contributed by atoms with Gasteiger partial charge in [-0.1, -0.05) is 0 Å². The number of aliphatic carboxylic acids is 1. The molecule has 1 aliphatic heterocycles. The van der Waals surface area contributed by atoms with Gasteiger partial charge in [-0.05, 0) is 31.2 Å². The first-order valence-electron chi connectivity index (χ1n) is 4.18. The summed E-state index contributed by atoms with van der Waals surface area (Å²) in [4.78, 5) is 10.6. The minimum Gasteiger partial charge on any atom is -0.481 e. The van der Waals surface area contributed by atoms with Crippen molar-refractivity contribution in [3.63, 3.8) is 0 Å². The van der Waals surface area contributed by atoms with Gasteiger partial charge in [-0.15, -0.1) is 0 Å². The maximum atomic E-state index is 10.6. The third kappa shape index (κ3) is 1.03. The molecule has 1 saturated heterocycles. The van der Waals surface area contributed by atoms with E-state index in [1.54, 1.807) is 0 Å². The second kappa shape index (κ2) is 2.21. The van der Waals surface area contributed by atoms with Gasteiger partial charge in [0, 0.05) is 6.54 Å². The summed E-state index contributed by atoms with van der Waals surface area (Å²) >= 11 is 0. The number of carboxylic acid groups (broad SMARTS) is 1. The smallest absolute Gasteiger partial charge is 0.307 e. The van der Waals surface area contributed by atoms with Gasteiger partial charge in [0.15, 0.2) is 0 Å². The van der Waals surface area contributed by atoms with E-state index in [0.29, 0.717) is 0 Å². The normalized spacial score (nSPS) is 42.4. The van der Waals surface area contributed by atoms with E-state index in [9.17, 15) is 4.79 Å². The molecule has 0 aromatic carbocycles. The van der Waals surface area contributed by atoms with Crippen molar-refractivity contribution < 1.29 is 9.90 Å². The Morgan fingerprint density at radius 1 is 1.64 bits per heavy atom. The van der Waals surface area contributed by atoms with E-state index < -0.39 is 5.97 Å². The summed E-state index contributed by atoms with van der Waals surface area (Å²) < 4.78 is 0. The lowest BCUT2D eigenvalue weighted by Crippen LogP contribution is -2.33. The zero-order valence-electron chi connectivity index (χ0n) is 6.47. The molecule has 1 aliphatic carbocycles. The highest BCUT2D eigenvalue weighted by molar-refractivity contribution is 5.74. The van der Waals surface area contributed by atoms with Gasteiger partial charge in [-0.3, -0.25) is 4.79 Å². The molecule has 3 nitrogen and oxygen atoms in total. The molecule has 2 aliphatic rings. The molecule has 11 heavy (non-hydrogen) atoms. The molecular formula is C8H13NO2. The average molecular weight is 155 g/mol. The molecule has 0 amide bonds. The standard InChI is InChI=1S/C8H13NO2/c10-7(11)6-4-8(6)2-1-3-9-5-8/h6,9H,1-5H2,(H,10,11)/t6-,8-/m0/s1. The quantitative estimate of drug-likeness (QED) is 0.578. The Morgan fingerprint density at radius 3 is 2.91 bits per heavy atom. The SMILES string of the molecule is O=C(O)[C@@H]1C[C@]12CCCNC2. The Labute approximate surface area is 65.8 Å². The van der Waals surface area contributed by atoms with Crippen LogP contribution in [-0.4, -0.2) is 24.2 Å². The molecule has 3 heteroatoms. The van der Waals surface area contributed by atoms with E-state index in [0.717, 1.165) is 32.4 Å². The summed E-state index contributed by atoms with van der Waals surface area (Å²) in [6.07, 6.45) is 3.15. The monoisotopic (exact) mass is 155 g/mol. The predicted octanol–water partition coefficient (Wildman–Crippen LogP) is 0.461. The third-order valence-corrected chi connectivity index (χ3v) is 2.99. The van der Waals surface area contributed by atoms with E-state index in [1.807, 2.05) is 0 Å². The Hall–Kier alpha value is -0.570. The van der Waals surface area contributed by atoms with Crippen LogP contribution in [0.5, 0.6) is 0 Å². The van der Waals surface area contributed by atoms with Crippen LogP contribution in [0.4, 0.5) is 0 Å². The summed E-state index contributed by atoms with van der Waals surface area (Å²) in [6, 6.07) is 0. The van der Waals surface area contributed by atoms with Crippen molar-refractivity contribution in [3.8, 4) is 0 Å². The number of rotatable bonds is 1. The molecule has 1 heterocycles. The van der Waals surface area contributed by atoms with Crippen molar-refractivity contribution in [2.75, 3.05) is 13.1 Å². The van der Waals surface area contributed by atoms with Crippen LogP contribution < -0.4 is 5.32 Å². The van der Waals surface area contributed by atoms with Gasteiger partial charge in [-0.25, -0.2) is 0 Å². The van der Waals surface area contributed by atoms with Gasteiger partial charge in [-0.2, -0.15) is 0 Å². The summed E-state index contributed by atoms with van der Waals surface area (Å²) in [5, 5.41) is 12.0. The first-order chi connectivity index (χ1) is 5.25. The van der Waals surface area contributed by atoms with Crippen LogP contribution >= 0.6 is 0 Å². The van der Waals surface area contributed by atoms with Gasteiger partial charge < -0.3 is 10.4 Å². The molecule has 0 aromatic heterocycles.